The zero-order valence-corrected chi connectivity index (χ0v) is 12.8. The van der Waals surface area contributed by atoms with Crippen molar-refractivity contribution in [1.29, 1.82) is 0 Å². The van der Waals surface area contributed by atoms with E-state index in [-0.39, 0.29) is 0 Å². The molecule has 0 saturated heterocycles. The van der Waals surface area contributed by atoms with Gasteiger partial charge < -0.3 is 5.32 Å². The zero-order chi connectivity index (χ0) is 14.9. The number of benzene rings is 3. The van der Waals surface area contributed by atoms with Crippen LogP contribution in [0.1, 0.15) is 17.2 Å². The van der Waals surface area contributed by atoms with Crippen molar-refractivity contribution in [3.63, 3.8) is 0 Å². The topological polar surface area (TPSA) is 12.0 Å². The van der Waals surface area contributed by atoms with E-state index in [1.807, 2.05) is 24.3 Å². The number of anilines is 1. The van der Waals surface area contributed by atoms with E-state index < -0.39 is 0 Å². The first-order valence-corrected chi connectivity index (χ1v) is 7.88. The molecule has 0 aromatic heterocycles. The molecule has 4 rings (SSSR count). The van der Waals surface area contributed by atoms with Crippen LogP contribution in [0.2, 0.25) is 5.02 Å². The molecule has 0 bridgehead atoms. The lowest BCUT2D eigenvalue weighted by Crippen LogP contribution is -2.05. The van der Waals surface area contributed by atoms with Gasteiger partial charge in [0.15, 0.2) is 0 Å². The Morgan fingerprint density at radius 1 is 0.818 bits per heavy atom. The molecule has 1 aliphatic heterocycles. The minimum Gasteiger partial charge on any atom is -0.378 e. The number of rotatable bonds is 2. The number of nitrogens with one attached hydrogen (secondary N) is 1. The van der Waals surface area contributed by atoms with Crippen molar-refractivity contribution in [3.05, 3.63) is 88.9 Å². The van der Waals surface area contributed by atoms with Gasteiger partial charge in [-0.2, -0.15) is 0 Å². The monoisotopic (exact) mass is 305 g/mol. The molecule has 108 valence electrons. The zero-order valence-electron chi connectivity index (χ0n) is 12.1. The third kappa shape index (κ3) is 2.49. The smallest absolute Gasteiger partial charge is 0.0555 e. The molecule has 22 heavy (non-hydrogen) atoms. The summed E-state index contributed by atoms with van der Waals surface area (Å²) in [5, 5.41) is 4.39. The van der Waals surface area contributed by atoms with E-state index >= 15 is 0 Å². The van der Waals surface area contributed by atoms with Gasteiger partial charge in [0.1, 0.15) is 0 Å². The summed E-state index contributed by atoms with van der Waals surface area (Å²) in [7, 11) is 0. The highest BCUT2D eigenvalue weighted by Gasteiger charge is 2.22. The number of hydrogen-bond donors (Lipinski definition) is 1. The summed E-state index contributed by atoms with van der Waals surface area (Å²) in [6.07, 6.45) is 0.996. The Bertz CT molecular complexity index is 811. The SMILES string of the molecule is Clc1cccc(C2Cc3cc(-c4ccccc4)ccc3N2)c1. The predicted octanol–water partition coefficient (Wildman–Crippen LogP) is 5.72. The molecule has 1 nitrogen and oxygen atoms in total. The molecule has 1 unspecified atom stereocenters. The van der Waals surface area contributed by atoms with Crippen molar-refractivity contribution in [2.24, 2.45) is 0 Å². The Kier molecular flexibility index (Phi) is 3.36. The highest BCUT2D eigenvalue weighted by atomic mass is 35.5. The van der Waals surface area contributed by atoms with Crippen LogP contribution in [0.4, 0.5) is 5.69 Å². The van der Waals surface area contributed by atoms with Crippen LogP contribution in [0.25, 0.3) is 11.1 Å². The molecule has 3 aromatic carbocycles. The first kappa shape index (κ1) is 13.4. The van der Waals surface area contributed by atoms with E-state index in [1.165, 1.54) is 27.9 Å². The molecular weight excluding hydrogens is 290 g/mol. The second-order valence-corrected chi connectivity index (χ2v) is 6.13. The molecule has 2 heteroatoms. The van der Waals surface area contributed by atoms with Crippen molar-refractivity contribution in [3.8, 4) is 11.1 Å². The quantitative estimate of drug-likeness (QED) is 0.639. The first-order valence-electron chi connectivity index (χ1n) is 7.50. The summed E-state index contributed by atoms with van der Waals surface area (Å²) < 4.78 is 0. The molecule has 1 N–H and O–H groups in total. The van der Waals surface area contributed by atoms with Gasteiger partial charge in [-0.15, -0.1) is 0 Å². The van der Waals surface area contributed by atoms with Crippen LogP contribution in [-0.4, -0.2) is 0 Å². The standard InChI is InChI=1S/C20H16ClN/c21-18-8-4-7-16(12-18)20-13-17-11-15(9-10-19(17)22-20)14-5-2-1-3-6-14/h1-12,20,22H,13H2. The summed E-state index contributed by atoms with van der Waals surface area (Å²) >= 11 is 6.11. The third-order valence-corrected chi connectivity index (χ3v) is 4.45. The van der Waals surface area contributed by atoms with Crippen LogP contribution in [0, 0.1) is 0 Å². The number of fused-ring (bicyclic) bond motifs is 1. The van der Waals surface area contributed by atoms with Gasteiger partial charge in [-0.3, -0.25) is 0 Å². The van der Waals surface area contributed by atoms with E-state index in [0.717, 1.165) is 11.4 Å². The summed E-state index contributed by atoms with van der Waals surface area (Å²) in [4.78, 5) is 0. The van der Waals surface area contributed by atoms with Gasteiger partial charge in [-0.05, 0) is 52.9 Å². The maximum absolute atomic E-state index is 6.11. The van der Waals surface area contributed by atoms with Crippen LogP contribution in [-0.2, 0) is 6.42 Å². The van der Waals surface area contributed by atoms with Gasteiger partial charge in [0, 0.05) is 10.7 Å². The fraction of sp³-hybridized carbons (Fsp3) is 0.100. The molecule has 0 saturated carbocycles. The predicted molar refractivity (Wildman–Crippen MR) is 93.4 cm³/mol. The number of hydrogen-bond acceptors (Lipinski definition) is 1. The van der Waals surface area contributed by atoms with Gasteiger partial charge in [-0.25, -0.2) is 0 Å². The Morgan fingerprint density at radius 2 is 1.68 bits per heavy atom. The van der Waals surface area contributed by atoms with E-state index in [1.54, 1.807) is 0 Å². The summed E-state index contributed by atoms with van der Waals surface area (Å²) in [6.45, 7) is 0. The van der Waals surface area contributed by atoms with Crippen molar-refractivity contribution in [1.82, 2.24) is 0 Å². The molecule has 3 aromatic rings. The molecule has 0 amide bonds. The van der Waals surface area contributed by atoms with Crippen molar-refractivity contribution in [2.75, 3.05) is 5.32 Å². The Balaban J connectivity index is 1.64. The van der Waals surface area contributed by atoms with Crippen LogP contribution in [0.5, 0.6) is 0 Å². The Morgan fingerprint density at radius 3 is 2.50 bits per heavy atom. The Hall–Kier alpha value is -2.25. The third-order valence-electron chi connectivity index (χ3n) is 4.22. The van der Waals surface area contributed by atoms with Crippen LogP contribution >= 0.6 is 11.6 Å². The minimum atomic E-state index is 0.305. The highest BCUT2D eigenvalue weighted by molar-refractivity contribution is 6.30. The lowest BCUT2D eigenvalue weighted by Gasteiger charge is -2.11. The molecular formula is C20H16ClN. The van der Waals surface area contributed by atoms with Crippen molar-refractivity contribution >= 4 is 17.3 Å². The largest absolute Gasteiger partial charge is 0.378 e. The van der Waals surface area contributed by atoms with Crippen LogP contribution in [0.15, 0.2) is 72.8 Å². The summed E-state index contributed by atoms with van der Waals surface area (Å²) in [5.74, 6) is 0. The molecule has 1 heterocycles. The maximum atomic E-state index is 6.11. The summed E-state index contributed by atoms with van der Waals surface area (Å²) in [6, 6.07) is 25.6. The fourth-order valence-corrected chi connectivity index (χ4v) is 3.30. The average molecular weight is 306 g/mol. The molecule has 0 spiro atoms. The maximum Gasteiger partial charge on any atom is 0.0555 e. The van der Waals surface area contributed by atoms with E-state index in [9.17, 15) is 0 Å². The van der Waals surface area contributed by atoms with E-state index in [4.69, 9.17) is 11.6 Å². The second-order valence-electron chi connectivity index (χ2n) is 5.69. The molecule has 0 radical (unpaired) electrons. The first-order chi connectivity index (χ1) is 10.8. The van der Waals surface area contributed by atoms with Gasteiger partial charge in [0.05, 0.1) is 6.04 Å². The van der Waals surface area contributed by atoms with Gasteiger partial charge >= 0.3 is 0 Å². The fourth-order valence-electron chi connectivity index (χ4n) is 3.10. The highest BCUT2D eigenvalue weighted by Crippen LogP contribution is 2.37. The second kappa shape index (κ2) is 5.51. The van der Waals surface area contributed by atoms with Gasteiger partial charge in [0.25, 0.3) is 0 Å². The average Bonchev–Trinajstić information content (AvgIpc) is 2.99. The van der Waals surface area contributed by atoms with Crippen molar-refractivity contribution in [2.45, 2.75) is 12.5 Å². The summed E-state index contributed by atoms with van der Waals surface area (Å²) in [5.41, 5.74) is 6.37. The number of halogens is 1. The Labute approximate surface area is 135 Å². The lowest BCUT2D eigenvalue weighted by atomic mass is 9.99. The normalized spacial score (nSPS) is 16.1. The van der Waals surface area contributed by atoms with Crippen LogP contribution in [0.3, 0.4) is 0 Å². The minimum absolute atomic E-state index is 0.305. The van der Waals surface area contributed by atoms with E-state index in [0.29, 0.717) is 6.04 Å². The van der Waals surface area contributed by atoms with Gasteiger partial charge in [-0.1, -0.05) is 60.1 Å². The lowest BCUT2D eigenvalue weighted by molar-refractivity contribution is 0.824. The van der Waals surface area contributed by atoms with Crippen LogP contribution < -0.4 is 5.32 Å². The van der Waals surface area contributed by atoms with E-state index in [2.05, 4.69) is 53.8 Å². The van der Waals surface area contributed by atoms with Crippen molar-refractivity contribution < 1.29 is 0 Å². The molecule has 0 fully saturated rings. The molecule has 1 aliphatic rings. The van der Waals surface area contributed by atoms with Gasteiger partial charge in [0.2, 0.25) is 0 Å². The molecule has 1 atom stereocenters. The molecule has 0 aliphatic carbocycles.